The van der Waals surface area contributed by atoms with E-state index in [-0.39, 0.29) is 18.3 Å². The molecule has 1 fully saturated rings. The van der Waals surface area contributed by atoms with Gasteiger partial charge in [0.1, 0.15) is 23.3 Å². The molecule has 282 valence electrons. The van der Waals surface area contributed by atoms with E-state index in [4.69, 9.17) is 37.4 Å². The van der Waals surface area contributed by atoms with E-state index in [2.05, 4.69) is 77.2 Å². The number of rotatable bonds is 14. The van der Waals surface area contributed by atoms with Gasteiger partial charge in [0.2, 0.25) is 11.8 Å². The third kappa shape index (κ3) is 11.7. The maximum absolute atomic E-state index is 13.1. The van der Waals surface area contributed by atoms with E-state index in [0.29, 0.717) is 59.8 Å². The molecule has 1 aliphatic rings. The lowest BCUT2D eigenvalue weighted by atomic mass is 10.0. The van der Waals surface area contributed by atoms with Crippen molar-refractivity contribution in [2.75, 3.05) is 32.8 Å². The van der Waals surface area contributed by atoms with Gasteiger partial charge >= 0.3 is 0 Å². The van der Waals surface area contributed by atoms with Gasteiger partial charge < -0.3 is 19.1 Å². The molecule has 54 heavy (non-hydrogen) atoms. The molecule has 0 unspecified atom stereocenters. The molecule has 2 aromatic heterocycles. The zero-order chi connectivity index (χ0) is 37.2. The van der Waals surface area contributed by atoms with Crippen LogP contribution in [-0.4, -0.2) is 58.5 Å². The van der Waals surface area contributed by atoms with Crippen LogP contribution in [0.4, 0.5) is 0 Å². The monoisotopic (exact) mass is 786 g/mol. The van der Waals surface area contributed by atoms with Gasteiger partial charge in [-0.3, -0.25) is 9.69 Å². The highest BCUT2D eigenvalue weighted by Crippen LogP contribution is 2.34. The second-order valence-corrected chi connectivity index (χ2v) is 14.2. The van der Waals surface area contributed by atoms with E-state index in [1.54, 1.807) is 48.8 Å². The number of carbonyl (C=O) groups excluding carboxylic acids is 1. The highest BCUT2D eigenvalue weighted by Gasteiger charge is 2.20. The van der Waals surface area contributed by atoms with E-state index in [1.807, 2.05) is 24.0 Å². The molecule has 3 heterocycles. The second-order valence-electron chi connectivity index (χ2n) is 13.4. The highest BCUT2D eigenvalue weighted by atomic mass is 35.5. The van der Waals surface area contributed by atoms with Gasteiger partial charge in [-0.15, -0.1) is 12.4 Å². The van der Waals surface area contributed by atoms with Crippen molar-refractivity contribution in [3.05, 3.63) is 147 Å². The van der Waals surface area contributed by atoms with Crippen LogP contribution in [0.2, 0.25) is 10.2 Å². The molecule has 1 aliphatic heterocycles. The molecule has 5 aromatic rings. The van der Waals surface area contributed by atoms with Gasteiger partial charge in [-0.25, -0.2) is 9.97 Å². The van der Waals surface area contributed by atoms with Crippen molar-refractivity contribution >= 4 is 47.6 Å². The minimum absolute atomic E-state index is 0. The van der Waals surface area contributed by atoms with Gasteiger partial charge in [0.25, 0.3) is 0 Å². The van der Waals surface area contributed by atoms with E-state index < -0.39 is 0 Å². The molecule has 6 rings (SSSR count). The third-order valence-electron chi connectivity index (χ3n) is 9.10. The van der Waals surface area contributed by atoms with E-state index >= 15 is 0 Å². The first-order chi connectivity index (χ1) is 25.7. The van der Waals surface area contributed by atoms with Gasteiger partial charge in [0.15, 0.2) is 5.75 Å². The molecular formula is C43H45Cl3N4O4. The highest BCUT2D eigenvalue weighted by molar-refractivity contribution is 6.32. The smallest absolute Gasteiger partial charge is 0.246 e. The van der Waals surface area contributed by atoms with E-state index in [0.717, 1.165) is 48.5 Å². The number of hydrogen-bond acceptors (Lipinski definition) is 7. The lowest BCUT2D eigenvalue weighted by Crippen LogP contribution is -2.47. The summed E-state index contributed by atoms with van der Waals surface area (Å²) in [5.41, 5.74) is 6.37. The lowest BCUT2D eigenvalue weighted by Gasteiger charge is -2.34. The average molecular weight is 788 g/mol. The topological polar surface area (TPSA) is 77.0 Å². The van der Waals surface area contributed by atoms with Crippen LogP contribution in [0, 0.1) is 6.92 Å². The van der Waals surface area contributed by atoms with Gasteiger partial charge in [-0.2, -0.15) is 0 Å². The Morgan fingerprint density at radius 1 is 0.815 bits per heavy atom. The van der Waals surface area contributed by atoms with Crippen molar-refractivity contribution in [3.63, 3.8) is 0 Å². The molecule has 0 spiro atoms. The van der Waals surface area contributed by atoms with Gasteiger partial charge in [-0.05, 0) is 83.1 Å². The molecule has 0 bridgehead atoms. The normalized spacial score (nSPS) is 13.2. The summed E-state index contributed by atoms with van der Waals surface area (Å²) in [7, 11) is 0. The van der Waals surface area contributed by atoms with Crippen molar-refractivity contribution in [1.29, 1.82) is 0 Å². The summed E-state index contributed by atoms with van der Waals surface area (Å²) < 4.78 is 17.7. The first-order valence-electron chi connectivity index (χ1n) is 17.9. The Balaban J connectivity index is 0.00000561. The van der Waals surface area contributed by atoms with Crippen LogP contribution in [-0.2, 0) is 24.4 Å². The third-order valence-corrected chi connectivity index (χ3v) is 9.60. The molecule has 8 nitrogen and oxygen atoms in total. The summed E-state index contributed by atoms with van der Waals surface area (Å²) in [4.78, 5) is 25.8. The molecule has 0 N–H and O–H groups in total. The average Bonchev–Trinajstić information content (AvgIpc) is 3.17. The van der Waals surface area contributed by atoms with Crippen LogP contribution < -0.4 is 14.2 Å². The summed E-state index contributed by atoms with van der Waals surface area (Å²) in [5, 5.41) is 0.862. The van der Waals surface area contributed by atoms with Crippen molar-refractivity contribution in [2.24, 2.45) is 0 Å². The van der Waals surface area contributed by atoms with Crippen LogP contribution in [0.1, 0.15) is 53.1 Å². The van der Waals surface area contributed by atoms with Crippen LogP contribution in [0.5, 0.6) is 23.1 Å². The fourth-order valence-electron chi connectivity index (χ4n) is 5.96. The van der Waals surface area contributed by atoms with Crippen LogP contribution in [0.3, 0.4) is 0 Å². The van der Waals surface area contributed by atoms with Gasteiger partial charge in [-0.1, -0.05) is 79.5 Å². The van der Waals surface area contributed by atoms with Crippen LogP contribution in [0.15, 0.2) is 103 Å². The Hall–Kier alpha value is -4.60. The Kier molecular flexibility index (Phi) is 14.8. The van der Waals surface area contributed by atoms with Crippen molar-refractivity contribution < 1.29 is 19.0 Å². The number of hydrogen-bond donors (Lipinski definition) is 0. The number of amides is 1. The predicted octanol–water partition coefficient (Wildman–Crippen LogP) is 9.99. The number of nitrogens with zero attached hydrogens (tertiary/aromatic N) is 4. The second kappa shape index (κ2) is 19.6. The van der Waals surface area contributed by atoms with Gasteiger partial charge in [0.05, 0.1) is 17.8 Å². The Morgan fingerprint density at radius 3 is 2.17 bits per heavy atom. The standard InChI is InChI=1S/C43H44Cl2N4O4.ClH/c1-30(2)36-10-12-37(13-11-36)51-23-18-32-4-6-33(7-5-32)28-48-19-21-49(22-20-48)42(50)17-9-34-24-31(3)43(39(44)25-34)53-41-16-14-38(27-47-41)52-29-35-8-15-40(45)46-26-35;/h4-17,24-27,30H,18-23,28-29H2,1-3H3;1H/b17-9+;. The molecule has 11 heteroatoms. The maximum atomic E-state index is 13.1. The number of aromatic nitrogens is 2. The number of ether oxygens (including phenoxy) is 3. The SMILES string of the molecule is Cc1cc(/C=C/C(=O)N2CCN(Cc3ccc(CCOc4ccc(C(C)C)cc4)cc3)CC2)cc(Cl)c1Oc1ccc(OCc2ccc(Cl)nc2)cn1.Cl. The van der Waals surface area contributed by atoms with Crippen molar-refractivity contribution in [2.45, 2.75) is 46.3 Å². The van der Waals surface area contributed by atoms with Crippen molar-refractivity contribution in [1.82, 2.24) is 19.8 Å². The summed E-state index contributed by atoms with van der Waals surface area (Å²) in [6, 6.07) is 27.9. The summed E-state index contributed by atoms with van der Waals surface area (Å²) in [6.07, 6.45) is 7.53. The van der Waals surface area contributed by atoms with Crippen molar-refractivity contribution in [3.8, 4) is 23.1 Å². The molecular weight excluding hydrogens is 743 g/mol. The molecule has 3 aromatic carbocycles. The molecule has 0 saturated carbocycles. The minimum Gasteiger partial charge on any atom is -0.493 e. The summed E-state index contributed by atoms with van der Waals surface area (Å²) >= 11 is 12.5. The van der Waals surface area contributed by atoms with Crippen LogP contribution in [0.25, 0.3) is 6.08 Å². The Labute approximate surface area is 334 Å². The van der Waals surface area contributed by atoms with E-state index in [9.17, 15) is 4.79 Å². The molecule has 0 radical (unpaired) electrons. The fraction of sp³-hybridized carbons (Fsp3) is 0.279. The van der Waals surface area contributed by atoms with Gasteiger partial charge in [0, 0.05) is 63.0 Å². The number of aryl methyl sites for hydroxylation is 1. The number of carbonyl (C=O) groups is 1. The number of pyridine rings is 2. The number of benzene rings is 3. The predicted molar refractivity (Wildman–Crippen MR) is 218 cm³/mol. The molecule has 1 amide bonds. The lowest BCUT2D eigenvalue weighted by molar-refractivity contribution is -0.127. The van der Waals surface area contributed by atoms with Crippen LogP contribution >= 0.6 is 35.6 Å². The number of piperazine rings is 1. The fourth-order valence-corrected chi connectivity index (χ4v) is 6.39. The number of halogens is 3. The summed E-state index contributed by atoms with van der Waals surface area (Å²) in [5.74, 6) is 2.89. The largest absolute Gasteiger partial charge is 0.493 e. The molecule has 0 atom stereocenters. The first kappa shape index (κ1) is 40.6. The first-order valence-corrected chi connectivity index (χ1v) is 18.6. The van der Waals surface area contributed by atoms with E-state index in [1.165, 1.54) is 16.7 Å². The Bertz CT molecular complexity index is 1960. The summed E-state index contributed by atoms with van der Waals surface area (Å²) in [6.45, 7) is 11.1. The quantitative estimate of drug-likeness (QED) is 0.0820. The maximum Gasteiger partial charge on any atom is 0.246 e. The minimum atomic E-state index is -0.0139. The zero-order valence-corrected chi connectivity index (χ0v) is 33.0. The molecule has 0 aliphatic carbocycles. The molecule has 1 saturated heterocycles. The Morgan fingerprint density at radius 2 is 1.52 bits per heavy atom. The zero-order valence-electron chi connectivity index (χ0n) is 30.7.